The molecule has 0 fully saturated rings. The van der Waals surface area contributed by atoms with Crippen molar-refractivity contribution in [1.82, 2.24) is 0 Å². The molecule has 0 saturated heterocycles. The summed E-state index contributed by atoms with van der Waals surface area (Å²) in [5.74, 6) is 0.853. The highest BCUT2D eigenvalue weighted by Crippen LogP contribution is 2.21. The van der Waals surface area contributed by atoms with Crippen LogP contribution in [0.3, 0.4) is 0 Å². The van der Waals surface area contributed by atoms with E-state index in [0.717, 1.165) is 10.9 Å². The molecule has 0 aliphatic rings. The number of benzene rings is 1. The van der Waals surface area contributed by atoms with Crippen LogP contribution in [0.1, 0.15) is 51.5 Å². The molecule has 0 N–H and O–H groups in total. The Bertz CT molecular complexity index is 276. The Morgan fingerprint density at radius 3 is 2.25 bits per heavy atom. The molecule has 0 amide bonds. The van der Waals surface area contributed by atoms with Gasteiger partial charge in [0.1, 0.15) is 0 Å². The van der Waals surface area contributed by atoms with Gasteiger partial charge in [-0.05, 0) is 30.0 Å². The molecule has 0 aromatic heterocycles. The van der Waals surface area contributed by atoms with Crippen molar-refractivity contribution < 1.29 is 0 Å². The topological polar surface area (TPSA) is 0 Å². The summed E-state index contributed by atoms with van der Waals surface area (Å²) in [5.41, 5.74) is 1.43. The third-order valence-corrected chi connectivity index (χ3v) is 3.35. The molecule has 0 nitrogen and oxygen atoms in total. The maximum Gasteiger partial charge on any atom is 0.0406 e. The molecule has 90 valence electrons. The molecule has 1 atom stereocenters. The Morgan fingerprint density at radius 1 is 1.00 bits per heavy atom. The van der Waals surface area contributed by atoms with Crippen LogP contribution in [-0.4, -0.2) is 0 Å². The minimum Gasteiger partial charge on any atom is -0.0843 e. The highest BCUT2D eigenvalue weighted by molar-refractivity contribution is 6.30. The van der Waals surface area contributed by atoms with Gasteiger partial charge >= 0.3 is 0 Å². The monoisotopic (exact) mass is 238 g/mol. The summed E-state index contributed by atoms with van der Waals surface area (Å²) in [7, 11) is 0. The minimum atomic E-state index is 0.837. The van der Waals surface area contributed by atoms with Crippen LogP contribution in [0, 0.1) is 5.92 Å². The molecule has 0 bridgehead atoms. The van der Waals surface area contributed by atoms with E-state index in [9.17, 15) is 0 Å². The Kier molecular flexibility index (Phi) is 6.56. The van der Waals surface area contributed by atoms with Crippen molar-refractivity contribution in [2.75, 3.05) is 0 Å². The second-order valence-electron chi connectivity index (χ2n) is 4.63. The van der Waals surface area contributed by atoms with Gasteiger partial charge in [0.05, 0.1) is 0 Å². The zero-order valence-corrected chi connectivity index (χ0v) is 11.3. The van der Waals surface area contributed by atoms with Crippen LogP contribution in [0.15, 0.2) is 24.3 Å². The first-order valence-corrected chi connectivity index (χ1v) is 6.88. The average molecular weight is 239 g/mol. The molecule has 1 rings (SSSR count). The van der Waals surface area contributed by atoms with Gasteiger partial charge < -0.3 is 0 Å². The molecule has 1 aromatic rings. The summed E-state index contributed by atoms with van der Waals surface area (Å²) in [6.45, 7) is 4.55. The Hall–Kier alpha value is -0.490. The van der Waals surface area contributed by atoms with E-state index in [0.29, 0.717) is 0 Å². The number of hydrogen-bond acceptors (Lipinski definition) is 0. The predicted octanol–water partition coefficient (Wildman–Crippen LogP) is 5.49. The van der Waals surface area contributed by atoms with E-state index in [1.54, 1.807) is 0 Å². The summed E-state index contributed by atoms with van der Waals surface area (Å²) in [6.07, 6.45) is 7.89. The van der Waals surface area contributed by atoms with Gasteiger partial charge in [-0.25, -0.2) is 0 Å². The molecule has 0 spiro atoms. The van der Waals surface area contributed by atoms with Gasteiger partial charge in [-0.3, -0.25) is 0 Å². The molecular weight excluding hydrogens is 216 g/mol. The Labute approximate surface area is 105 Å². The van der Waals surface area contributed by atoms with E-state index in [2.05, 4.69) is 26.0 Å². The van der Waals surface area contributed by atoms with Crippen molar-refractivity contribution in [2.24, 2.45) is 5.92 Å². The van der Waals surface area contributed by atoms with Crippen LogP contribution in [0.4, 0.5) is 0 Å². The SMILES string of the molecule is CCCCC(CCC)Cc1ccc(Cl)cc1. The molecule has 1 unspecified atom stereocenters. The number of unbranched alkanes of at least 4 members (excludes halogenated alkanes) is 1. The van der Waals surface area contributed by atoms with Gasteiger partial charge in [-0.1, -0.05) is 69.7 Å². The van der Waals surface area contributed by atoms with Crippen LogP contribution in [0.2, 0.25) is 5.02 Å². The highest BCUT2D eigenvalue weighted by atomic mass is 35.5. The van der Waals surface area contributed by atoms with Crippen molar-refractivity contribution in [1.29, 1.82) is 0 Å². The van der Waals surface area contributed by atoms with Crippen LogP contribution in [0.25, 0.3) is 0 Å². The second kappa shape index (κ2) is 7.73. The van der Waals surface area contributed by atoms with Crippen LogP contribution in [0.5, 0.6) is 0 Å². The fraction of sp³-hybridized carbons (Fsp3) is 0.600. The number of halogens is 1. The molecule has 0 heterocycles. The Morgan fingerprint density at radius 2 is 1.69 bits per heavy atom. The highest BCUT2D eigenvalue weighted by Gasteiger charge is 2.08. The first kappa shape index (κ1) is 13.6. The van der Waals surface area contributed by atoms with Crippen LogP contribution >= 0.6 is 11.6 Å². The van der Waals surface area contributed by atoms with Gasteiger partial charge in [0.15, 0.2) is 0 Å². The van der Waals surface area contributed by atoms with E-state index < -0.39 is 0 Å². The quantitative estimate of drug-likeness (QED) is 0.589. The second-order valence-corrected chi connectivity index (χ2v) is 5.06. The lowest BCUT2D eigenvalue weighted by Gasteiger charge is -2.15. The Balaban J connectivity index is 2.49. The summed E-state index contributed by atoms with van der Waals surface area (Å²) in [5, 5.41) is 0.837. The molecule has 0 radical (unpaired) electrons. The zero-order valence-electron chi connectivity index (χ0n) is 10.5. The van der Waals surface area contributed by atoms with Crippen molar-refractivity contribution >= 4 is 11.6 Å². The van der Waals surface area contributed by atoms with E-state index in [4.69, 9.17) is 11.6 Å². The normalized spacial score (nSPS) is 12.7. The summed E-state index contributed by atoms with van der Waals surface area (Å²) in [4.78, 5) is 0. The van der Waals surface area contributed by atoms with E-state index >= 15 is 0 Å². The number of hydrogen-bond donors (Lipinski definition) is 0. The fourth-order valence-corrected chi connectivity index (χ4v) is 2.33. The smallest absolute Gasteiger partial charge is 0.0406 e. The first-order valence-electron chi connectivity index (χ1n) is 6.50. The molecule has 0 aliphatic carbocycles. The zero-order chi connectivity index (χ0) is 11.8. The molecule has 0 saturated carbocycles. The summed E-state index contributed by atoms with van der Waals surface area (Å²) < 4.78 is 0. The summed E-state index contributed by atoms with van der Waals surface area (Å²) in [6, 6.07) is 8.33. The van der Waals surface area contributed by atoms with Gasteiger partial charge in [-0.15, -0.1) is 0 Å². The maximum atomic E-state index is 5.89. The first-order chi connectivity index (χ1) is 7.76. The molecular formula is C15H23Cl. The predicted molar refractivity (Wildman–Crippen MR) is 73.1 cm³/mol. The maximum absolute atomic E-state index is 5.89. The van der Waals surface area contributed by atoms with Crippen molar-refractivity contribution in [3.8, 4) is 0 Å². The standard InChI is InChI=1S/C15H23Cl/c1-3-5-7-13(6-4-2)12-14-8-10-15(16)11-9-14/h8-11,13H,3-7,12H2,1-2H3. The molecule has 1 aromatic carbocycles. The van der Waals surface area contributed by atoms with E-state index in [1.165, 1.54) is 44.1 Å². The largest absolute Gasteiger partial charge is 0.0843 e. The minimum absolute atomic E-state index is 0.837. The summed E-state index contributed by atoms with van der Waals surface area (Å²) >= 11 is 5.89. The lowest BCUT2D eigenvalue weighted by Crippen LogP contribution is -2.04. The lowest BCUT2D eigenvalue weighted by atomic mass is 9.90. The van der Waals surface area contributed by atoms with Gasteiger partial charge in [-0.2, -0.15) is 0 Å². The van der Waals surface area contributed by atoms with Crippen molar-refractivity contribution in [3.63, 3.8) is 0 Å². The fourth-order valence-electron chi connectivity index (χ4n) is 2.20. The third kappa shape index (κ3) is 5.03. The molecule has 16 heavy (non-hydrogen) atoms. The average Bonchev–Trinajstić information content (AvgIpc) is 2.29. The molecule has 0 aliphatic heterocycles. The van der Waals surface area contributed by atoms with Gasteiger partial charge in [0, 0.05) is 5.02 Å². The van der Waals surface area contributed by atoms with Gasteiger partial charge in [0.25, 0.3) is 0 Å². The lowest BCUT2D eigenvalue weighted by molar-refractivity contribution is 0.427. The number of rotatable bonds is 7. The van der Waals surface area contributed by atoms with Crippen LogP contribution in [-0.2, 0) is 6.42 Å². The van der Waals surface area contributed by atoms with Crippen LogP contribution < -0.4 is 0 Å². The van der Waals surface area contributed by atoms with E-state index in [1.807, 2.05) is 12.1 Å². The van der Waals surface area contributed by atoms with Gasteiger partial charge in [0.2, 0.25) is 0 Å². The third-order valence-electron chi connectivity index (χ3n) is 3.10. The van der Waals surface area contributed by atoms with E-state index in [-0.39, 0.29) is 0 Å². The van der Waals surface area contributed by atoms with Crippen molar-refractivity contribution in [2.45, 2.75) is 52.4 Å². The van der Waals surface area contributed by atoms with Crippen molar-refractivity contribution in [3.05, 3.63) is 34.9 Å². The molecule has 1 heteroatoms.